The van der Waals surface area contributed by atoms with Gasteiger partial charge in [-0.25, -0.2) is 9.78 Å². The number of amides is 1. The minimum absolute atomic E-state index is 0.000625. The van der Waals surface area contributed by atoms with Crippen LogP contribution in [0, 0.1) is 0 Å². The molecule has 0 saturated heterocycles. The zero-order chi connectivity index (χ0) is 18.4. The zero-order valence-electron chi connectivity index (χ0n) is 15.3. The van der Waals surface area contributed by atoms with Crippen molar-refractivity contribution in [2.24, 2.45) is 7.05 Å². The van der Waals surface area contributed by atoms with Gasteiger partial charge in [0.2, 0.25) is 0 Å². The normalized spacial score (nSPS) is 22.3. The topological polar surface area (TPSA) is 84.8 Å². The van der Waals surface area contributed by atoms with Crippen LogP contribution in [-0.4, -0.2) is 38.0 Å². The smallest absolute Gasteiger partial charge is 0.407 e. The first-order valence-corrected chi connectivity index (χ1v) is 9.60. The van der Waals surface area contributed by atoms with Gasteiger partial charge in [-0.2, -0.15) is 5.10 Å². The molecule has 1 amide bonds. The summed E-state index contributed by atoms with van der Waals surface area (Å²) in [5.41, 5.74) is 4.14. The van der Waals surface area contributed by atoms with Crippen molar-refractivity contribution in [1.82, 2.24) is 25.1 Å². The molecule has 3 aromatic rings. The lowest BCUT2D eigenvalue weighted by Crippen LogP contribution is -2.29. The van der Waals surface area contributed by atoms with Gasteiger partial charge in [-0.15, -0.1) is 0 Å². The molecule has 0 unspecified atom stereocenters. The van der Waals surface area contributed by atoms with Gasteiger partial charge in [-0.1, -0.05) is 0 Å². The Hall–Kier alpha value is -2.83. The van der Waals surface area contributed by atoms with Crippen LogP contribution >= 0.6 is 0 Å². The van der Waals surface area contributed by atoms with Crippen molar-refractivity contribution >= 4 is 17.1 Å². The molecule has 2 aliphatic carbocycles. The van der Waals surface area contributed by atoms with E-state index in [2.05, 4.69) is 32.5 Å². The SMILES string of the molecule is Cn1nccc1-c1cc2cc([C@H]3CC[C@@H](OC(=O)NC4CC4)C3)cnc2[nH]1. The van der Waals surface area contributed by atoms with Crippen LogP contribution in [0.5, 0.6) is 0 Å². The third-order valence-electron chi connectivity index (χ3n) is 5.62. The van der Waals surface area contributed by atoms with Crippen molar-refractivity contribution in [2.45, 2.75) is 50.2 Å². The lowest BCUT2D eigenvalue weighted by atomic mass is 9.99. The van der Waals surface area contributed by atoms with Crippen molar-refractivity contribution in [3.8, 4) is 11.4 Å². The fourth-order valence-electron chi connectivity index (χ4n) is 3.96. The molecule has 5 rings (SSSR count). The first kappa shape index (κ1) is 16.4. The summed E-state index contributed by atoms with van der Waals surface area (Å²) in [6.07, 6.45) is 8.42. The van der Waals surface area contributed by atoms with E-state index >= 15 is 0 Å². The van der Waals surface area contributed by atoms with E-state index in [1.165, 1.54) is 5.56 Å². The Kier molecular flexibility index (Phi) is 3.88. The fraction of sp³-hybridized carbons (Fsp3) is 0.450. The van der Waals surface area contributed by atoms with E-state index in [4.69, 9.17) is 4.74 Å². The van der Waals surface area contributed by atoms with E-state index in [9.17, 15) is 4.79 Å². The maximum absolute atomic E-state index is 11.9. The Balaban J connectivity index is 1.30. The average molecular weight is 365 g/mol. The number of nitrogens with zero attached hydrogens (tertiary/aromatic N) is 3. The summed E-state index contributed by atoms with van der Waals surface area (Å²) in [6, 6.07) is 6.64. The molecule has 2 atom stereocenters. The summed E-state index contributed by atoms with van der Waals surface area (Å²) < 4.78 is 7.43. The van der Waals surface area contributed by atoms with Crippen LogP contribution in [0.1, 0.15) is 43.6 Å². The van der Waals surface area contributed by atoms with Gasteiger partial charge in [-0.05, 0) is 61.8 Å². The second-order valence-electron chi connectivity index (χ2n) is 7.69. The number of aryl methyl sites for hydroxylation is 1. The molecular weight excluding hydrogens is 342 g/mol. The van der Waals surface area contributed by atoms with Gasteiger partial charge in [0, 0.05) is 30.9 Å². The molecule has 140 valence electrons. The summed E-state index contributed by atoms with van der Waals surface area (Å²) >= 11 is 0. The Bertz CT molecular complexity index is 987. The molecule has 2 aliphatic rings. The second-order valence-corrected chi connectivity index (χ2v) is 7.69. The van der Waals surface area contributed by atoms with Crippen molar-refractivity contribution in [3.63, 3.8) is 0 Å². The van der Waals surface area contributed by atoms with Crippen LogP contribution in [0.4, 0.5) is 4.79 Å². The molecule has 0 bridgehead atoms. The molecule has 0 radical (unpaired) electrons. The largest absolute Gasteiger partial charge is 0.446 e. The van der Waals surface area contributed by atoms with E-state index in [-0.39, 0.29) is 12.2 Å². The number of carbonyl (C=O) groups excluding carboxylic acids is 1. The van der Waals surface area contributed by atoms with Crippen LogP contribution in [0.2, 0.25) is 0 Å². The molecular formula is C20H23N5O2. The second kappa shape index (κ2) is 6.40. The molecule has 2 saturated carbocycles. The predicted octanol–water partition coefficient (Wildman–Crippen LogP) is 3.49. The third-order valence-corrected chi connectivity index (χ3v) is 5.62. The molecule has 7 nitrogen and oxygen atoms in total. The number of rotatable bonds is 4. The highest BCUT2D eigenvalue weighted by Gasteiger charge is 2.31. The number of hydrogen-bond donors (Lipinski definition) is 2. The minimum Gasteiger partial charge on any atom is -0.446 e. The number of H-pyrrole nitrogens is 1. The number of carbonyl (C=O) groups is 1. The lowest BCUT2D eigenvalue weighted by Gasteiger charge is -2.13. The maximum Gasteiger partial charge on any atom is 0.407 e. The monoisotopic (exact) mass is 365 g/mol. The summed E-state index contributed by atoms with van der Waals surface area (Å²) in [6.45, 7) is 0. The quantitative estimate of drug-likeness (QED) is 0.741. The lowest BCUT2D eigenvalue weighted by molar-refractivity contribution is 0.0997. The molecule has 0 aliphatic heterocycles. The molecule has 27 heavy (non-hydrogen) atoms. The summed E-state index contributed by atoms with van der Waals surface area (Å²) in [5.74, 6) is 0.385. The van der Waals surface area contributed by atoms with Crippen molar-refractivity contribution in [2.75, 3.05) is 0 Å². The number of alkyl carbamates (subject to hydrolysis) is 1. The standard InChI is InChI=1S/C20H23N5O2/c1-25-18(6-7-22-25)17-10-13-8-14(11-21-19(13)24-17)12-2-5-16(9-12)27-20(26)23-15-3-4-15/h6-8,10-12,15-16H,2-5,9H2,1H3,(H,21,24)(H,23,26)/t12-,16+/m0/s1. The third kappa shape index (κ3) is 3.29. The highest BCUT2D eigenvalue weighted by Crippen LogP contribution is 2.37. The number of aromatic nitrogens is 4. The van der Waals surface area contributed by atoms with Crippen molar-refractivity contribution in [3.05, 3.63) is 36.2 Å². The van der Waals surface area contributed by atoms with Gasteiger partial charge in [0.05, 0.1) is 11.4 Å². The Labute approximate surface area is 157 Å². The van der Waals surface area contributed by atoms with Crippen LogP contribution in [-0.2, 0) is 11.8 Å². The van der Waals surface area contributed by atoms with Gasteiger partial charge in [0.25, 0.3) is 0 Å². The van der Waals surface area contributed by atoms with Gasteiger partial charge in [0.1, 0.15) is 11.8 Å². The molecule has 0 aromatic carbocycles. The summed E-state index contributed by atoms with van der Waals surface area (Å²) in [4.78, 5) is 19.8. The molecule has 2 fully saturated rings. The molecule has 7 heteroatoms. The van der Waals surface area contributed by atoms with E-state index in [1.54, 1.807) is 6.20 Å². The van der Waals surface area contributed by atoms with Gasteiger partial charge in [-0.3, -0.25) is 4.68 Å². The highest BCUT2D eigenvalue weighted by atomic mass is 16.6. The number of ether oxygens (including phenoxy) is 1. The Morgan fingerprint density at radius 2 is 2.19 bits per heavy atom. The average Bonchev–Trinajstić information content (AvgIpc) is 3.04. The van der Waals surface area contributed by atoms with E-state index in [0.717, 1.165) is 54.5 Å². The maximum atomic E-state index is 11.9. The summed E-state index contributed by atoms with van der Waals surface area (Å²) in [5, 5.41) is 8.22. The first-order chi connectivity index (χ1) is 13.2. The fourth-order valence-corrected chi connectivity index (χ4v) is 3.96. The zero-order valence-corrected chi connectivity index (χ0v) is 15.3. The van der Waals surface area contributed by atoms with Gasteiger partial charge < -0.3 is 15.0 Å². The van der Waals surface area contributed by atoms with E-state index < -0.39 is 0 Å². The predicted molar refractivity (Wildman–Crippen MR) is 101 cm³/mol. The first-order valence-electron chi connectivity index (χ1n) is 9.60. The van der Waals surface area contributed by atoms with Crippen LogP contribution in [0.3, 0.4) is 0 Å². The molecule has 3 heterocycles. The minimum atomic E-state index is -0.261. The van der Waals surface area contributed by atoms with Crippen molar-refractivity contribution < 1.29 is 9.53 Å². The molecule has 2 N–H and O–H groups in total. The number of nitrogens with one attached hydrogen (secondary N) is 2. The Morgan fingerprint density at radius 3 is 2.96 bits per heavy atom. The van der Waals surface area contributed by atoms with E-state index in [1.807, 2.05) is 24.0 Å². The molecule has 0 spiro atoms. The number of fused-ring (bicyclic) bond motifs is 1. The number of hydrogen-bond acceptors (Lipinski definition) is 4. The van der Waals surface area contributed by atoms with Gasteiger partial charge in [0.15, 0.2) is 0 Å². The Morgan fingerprint density at radius 1 is 1.30 bits per heavy atom. The number of pyridine rings is 1. The van der Waals surface area contributed by atoms with Gasteiger partial charge >= 0.3 is 6.09 Å². The van der Waals surface area contributed by atoms with Crippen LogP contribution in [0.15, 0.2) is 30.6 Å². The van der Waals surface area contributed by atoms with E-state index in [0.29, 0.717) is 12.0 Å². The van der Waals surface area contributed by atoms with Crippen LogP contribution in [0.25, 0.3) is 22.4 Å². The highest BCUT2D eigenvalue weighted by molar-refractivity contribution is 5.82. The summed E-state index contributed by atoms with van der Waals surface area (Å²) in [7, 11) is 1.93. The van der Waals surface area contributed by atoms with Crippen LogP contribution < -0.4 is 5.32 Å². The molecule has 3 aromatic heterocycles. The van der Waals surface area contributed by atoms with Crippen molar-refractivity contribution in [1.29, 1.82) is 0 Å². The number of aromatic amines is 1.